The highest BCUT2D eigenvalue weighted by Gasteiger charge is 2.12. The van der Waals surface area contributed by atoms with E-state index in [1.165, 1.54) is 13.2 Å². The van der Waals surface area contributed by atoms with Crippen LogP contribution in [0.2, 0.25) is 0 Å². The van der Waals surface area contributed by atoms with Gasteiger partial charge in [0.2, 0.25) is 0 Å². The lowest BCUT2D eigenvalue weighted by molar-refractivity contribution is -0.0512. The van der Waals surface area contributed by atoms with Gasteiger partial charge in [0.1, 0.15) is 0 Å². The first-order valence-electron chi connectivity index (χ1n) is 8.41. The number of methoxy groups -OCH3 is 1. The Morgan fingerprint density at radius 2 is 1.93 bits per heavy atom. The van der Waals surface area contributed by atoms with Crippen molar-refractivity contribution in [2.45, 2.75) is 33.5 Å². The molecule has 2 N–H and O–H groups in total. The number of aliphatic imine (C=N–C) groups is 1. The zero-order valence-corrected chi connectivity index (χ0v) is 16.1. The predicted molar refractivity (Wildman–Crippen MR) is 99.3 cm³/mol. The molecule has 0 aliphatic rings. The Morgan fingerprint density at radius 1 is 1.22 bits per heavy atom. The third-order valence-corrected chi connectivity index (χ3v) is 4.22. The van der Waals surface area contributed by atoms with E-state index in [0.717, 1.165) is 22.5 Å². The van der Waals surface area contributed by atoms with E-state index in [4.69, 9.17) is 4.74 Å². The molecule has 0 bridgehead atoms. The van der Waals surface area contributed by atoms with Crippen molar-refractivity contribution >= 4 is 5.96 Å². The van der Waals surface area contributed by atoms with Crippen LogP contribution in [0, 0.1) is 13.8 Å². The zero-order chi connectivity index (χ0) is 20.0. The van der Waals surface area contributed by atoms with Gasteiger partial charge >= 0.3 is 6.61 Å². The first-order chi connectivity index (χ1) is 12.8. The summed E-state index contributed by atoms with van der Waals surface area (Å²) in [5.41, 5.74) is 3.90. The fourth-order valence-electron chi connectivity index (χ4n) is 2.67. The predicted octanol–water partition coefficient (Wildman–Crippen LogP) is 2.51. The van der Waals surface area contributed by atoms with Gasteiger partial charge < -0.3 is 20.1 Å². The van der Waals surface area contributed by atoms with E-state index in [-0.39, 0.29) is 11.5 Å². The van der Waals surface area contributed by atoms with Crippen LogP contribution in [0.1, 0.15) is 22.5 Å². The van der Waals surface area contributed by atoms with Gasteiger partial charge in [0.15, 0.2) is 17.5 Å². The molecule has 1 heterocycles. The van der Waals surface area contributed by atoms with Crippen molar-refractivity contribution in [2.75, 3.05) is 14.2 Å². The number of alkyl halides is 2. The molecule has 0 spiro atoms. The maximum Gasteiger partial charge on any atom is 0.387 e. The third kappa shape index (κ3) is 5.32. The second kappa shape index (κ2) is 9.20. The molecule has 0 atom stereocenters. The van der Waals surface area contributed by atoms with Gasteiger partial charge in [-0.1, -0.05) is 6.07 Å². The molecule has 0 saturated carbocycles. The summed E-state index contributed by atoms with van der Waals surface area (Å²) in [7, 11) is 4.97. The van der Waals surface area contributed by atoms with Crippen LogP contribution in [0.15, 0.2) is 23.2 Å². The average Bonchev–Trinajstić information content (AvgIpc) is 2.87. The summed E-state index contributed by atoms with van der Waals surface area (Å²) in [5.74, 6) is 0.838. The van der Waals surface area contributed by atoms with Crippen LogP contribution in [-0.2, 0) is 20.1 Å². The molecule has 0 fully saturated rings. The monoisotopic (exact) mass is 381 g/mol. The number of aryl methyl sites for hydroxylation is 2. The molecule has 9 heteroatoms. The van der Waals surface area contributed by atoms with Gasteiger partial charge in [-0.2, -0.15) is 13.9 Å². The minimum absolute atomic E-state index is 0.00337. The van der Waals surface area contributed by atoms with Gasteiger partial charge in [-0.25, -0.2) is 0 Å². The average molecular weight is 381 g/mol. The third-order valence-electron chi connectivity index (χ3n) is 4.22. The molecule has 27 heavy (non-hydrogen) atoms. The van der Waals surface area contributed by atoms with Crippen molar-refractivity contribution in [3.05, 3.63) is 40.7 Å². The Balaban J connectivity index is 1.99. The van der Waals surface area contributed by atoms with E-state index in [0.29, 0.717) is 19.0 Å². The molecule has 7 nitrogen and oxygen atoms in total. The second-order valence-corrected chi connectivity index (χ2v) is 5.92. The number of hydrogen-bond acceptors (Lipinski definition) is 4. The number of rotatable bonds is 7. The SMILES string of the molecule is CN=C(NCc1ccc(OC)c(OC(F)F)c1)NCc1c(C)nn(C)c1C. The summed E-state index contributed by atoms with van der Waals surface area (Å²) in [5, 5.41) is 10.8. The topological polar surface area (TPSA) is 72.7 Å². The molecule has 0 aliphatic carbocycles. The maximum absolute atomic E-state index is 12.5. The summed E-state index contributed by atoms with van der Waals surface area (Å²) in [4.78, 5) is 4.18. The number of nitrogens with one attached hydrogen (secondary N) is 2. The van der Waals surface area contributed by atoms with E-state index in [9.17, 15) is 8.78 Å². The van der Waals surface area contributed by atoms with Crippen molar-refractivity contribution in [3.63, 3.8) is 0 Å². The molecule has 2 rings (SSSR count). The van der Waals surface area contributed by atoms with E-state index < -0.39 is 6.61 Å². The molecule has 0 amide bonds. The lowest BCUT2D eigenvalue weighted by atomic mass is 10.2. The fourth-order valence-corrected chi connectivity index (χ4v) is 2.67. The van der Waals surface area contributed by atoms with Gasteiger partial charge in [-0.05, 0) is 31.5 Å². The standard InChI is InChI=1S/C18H25F2N5O2/c1-11-14(12(2)25(4)24-11)10-23-18(21-3)22-9-13-6-7-15(26-5)16(8-13)27-17(19)20/h6-8,17H,9-10H2,1-5H3,(H2,21,22,23). The Labute approximate surface area is 157 Å². The minimum Gasteiger partial charge on any atom is -0.493 e. The van der Waals surface area contributed by atoms with Crippen LogP contribution in [0.5, 0.6) is 11.5 Å². The van der Waals surface area contributed by atoms with Gasteiger partial charge in [0, 0.05) is 38.4 Å². The van der Waals surface area contributed by atoms with Crippen molar-refractivity contribution < 1.29 is 18.3 Å². The summed E-state index contributed by atoms with van der Waals surface area (Å²) in [6, 6.07) is 4.88. The molecular weight excluding hydrogens is 356 g/mol. The highest BCUT2D eigenvalue weighted by Crippen LogP contribution is 2.29. The first kappa shape index (κ1) is 20.5. The van der Waals surface area contributed by atoms with E-state index in [2.05, 4.69) is 25.5 Å². The molecule has 0 aliphatic heterocycles. The van der Waals surface area contributed by atoms with Crippen LogP contribution in [-0.4, -0.2) is 36.5 Å². The molecule has 0 unspecified atom stereocenters. The van der Waals surface area contributed by atoms with Crippen molar-refractivity contribution in [2.24, 2.45) is 12.0 Å². The lowest BCUT2D eigenvalue weighted by Crippen LogP contribution is -2.36. The van der Waals surface area contributed by atoms with Gasteiger partial charge in [0.25, 0.3) is 0 Å². The molecule has 0 radical (unpaired) electrons. The summed E-state index contributed by atoms with van der Waals surface area (Å²) >= 11 is 0. The van der Waals surface area contributed by atoms with Crippen LogP contribution in [0.4, 0.5) is 8.78 Å². The number of aromatic nitrogens is 2. The van der Waals surface area contributed by atoms with Crippen LogP contribution < -0.4 is 20.1 Å². The number of hydrogen-bond donors (Lipinski definition) is 2. The van der Waals surface area contributed by atoms with Crippen LogP contribution >= 0.6 is 0 Å². The highest BCUT2D eigenvalue weighted by atomic mass is 19.3. The normalized spacial score (nSPS) is 11.6. The summed E-state index contributed by atoms with van der Waals surface area (Å²) in [6.45, 7) is 2.02. The zero-order valence-electron chi connectivity index (χ0n) is 16.1. The Bertz CT molecular complexity index is 805. The molecule has 0 saturated heterocycles. The maximum atomic E-state index is 12.5. The number of benzene rings is 1. The van der Waals surface area contributed by atoms with Crippen molar-refractivity contribution in [3.8, 4) is 11.5 Å². The molecule has 2 aromatic rings. The smallest absolute Gasteiger partial charge is 0.387 e. The molecular formula is C18H25F2N5O2. The van der Waals surface area contributed by atoms with Crippen molar-refractivity contribution in [1.82, 2.24) is 20.4 Å². The van der Waals surface area contributed by atoms with Crippen LogP contribution in [0.3, 0.4) is 0 Å². The summed E-state index contributed by atoms with van der Waals surface area (Å²) in [6.07, 6.45) is 0. The van der Waals surface area contributed by atoms with Crippen molar-refractivity contribution in [1.29, 1.82) is 0 Å². The van der Waals surface area contributed by atoms with E-state index >= 15 is 0 Å². The van der Waals surface area contributed by atoms with Gasteiger partial charge in [0.05, 0.1) is 12.8 Å². The van der Waals surface area contributed by atoms with Gasteiger partial charge in [-0.3, -0.25) is 9.67 Å². The number of nitrogens with zero attached hydrogens (tertiary/aromatic N) is 3. The van der Waals surface area contributed by atoms with Crippen LogP contribution in [0.25, 0.3) is 0 Å². The van der Waals surface area contributed by atoms with E-state index in [1.54, 1.807) is 19.2 Å². The minimum atomic E-state index is -2.91. The molecule has 1 aromatic carbocycles. The molecule has 1 aromatic heterocycles. The lowest BCUT2D eigenvalue weighted by Gasteiger charge is -2.14. The van der Waals surface area contributed by atoms with Gasteiger partial charge in [-0.15, -0.1) is 0 Å². The second-order valence-electron chi connectivity index (χ2n) is 5.92. The van der Waals surface area contributed by atoms with E-state index in [1.807, 2.05) is 25.6 Å². The first-order valence-corrected chi connectivity index (χ1v) is 8.41. The number of guanidine groups is 1. The molecule has 148 valence electrons. The fraction of sp³-hybridized carbons (Fsp3) is 0.444. The highest BCUT2D eigenvalue weighted by molar-refractivity contribution is 5.79. The Hall–Kier alpha value is -2.84. The largest absolute Gasteiger partial charge is 0.493 e. The summed E-state index contributed by atoms with van der Waals surface area (Å²) < 4.78 is 36.5. The Morgan fingerprint density at radius 3 is 2.48 bits per heavy atom. The Kier molecular flexibility index (Phi) is 6.98. The number of halogens is 2. The quantitative estimate of drug-likeness (QED) is 0.570. The number of ether oxygens (including phenoxy) is 2.